The molecule has 0 bridgehead atoms. The van der Waals surface area contributed by atoms with Crippen molar-refractivity contribution in [1.29, 1.82) is 0 Å². The van der Waals surface area contributed by atoms with Gasteiger partial charge in [0.1, 0.15) is 5.82 Å². The highest BCUT2D eigenvalue weighted by molar-refractivity contribution is 5.80. The monoisotopic (exact) mass is 250 g/mol. The Balaban J connectivity index is 3.51. The van der Waals surface area contributed by atoms with E-state index >= 15 is 0 Å². The topological polar surface area (TPSA) is 37.3 Å². The molecule has 0 aliphatic carbocycles. The zero-order chi connectivity index (χ0) is 13.4. The second-order valence-corrected chi connectivity index (χ2v) is 4.12. The lowest BCUT2D eigenvalue weighted by atomic mass is 9.81. The van der Waals surface area contributed by atoms with Crippen molar-refractivity contribution in [2.75, 3.05) is 0 Å². The summed E-state index contributed by atoms with van der Waals surface area (Å²) in [6, 6.07) is 1.82. The van der Waals surface area contributed by atoms with Crippen LogP contribution >= 0.6 is 0 Å². The van der Waals surface area contributed by atoms with Crippen LogP contribution in [0.15, 0.2) is 18.2 Å². The molecule has 0 amide bonds. The van der Waals surface area contributed by atoms with Gasteiger partial charge in [-0.2, -0.15) is 13.2 Å². The molecule has 0 spiro atoms. The maximum absolute atomic E-state index is 13.0. The van der Waals surface area contributed by atoms with Gasteiger partial charge in [0, 0.05) is 0 Å². The highest BCUT2D eigenvalue weighted by Crippen LogP contribution is 2.38. The van der Waals surface area contributed by atoms with Crippen molar-refractivity contribution in [3.63, 3.8) is 0 Å². The molecule has 0 aliphatic rings. The largest absolute Gasteiger partial charge is 0.481 e. The SMILES string of the molecule is CC(C)(C(=O)O)c1cc(F)ccc1C(F)(F)F. The van der Waals surface area contributed by atoms with E-state index in [-0.39, 0.29) is 0 Å². The van der Waals surface area contributed by atoms with Crippen molar-refractivity contribution in [2.45, 2.75) is 25.4 Å². The fraction of sp³-hybridized carbons (Fsp3) is 0.364. The molecule has 1 aromatic rings. The van der Waals surface area contributed by atoms with Crippen LogP contribution in [-0.2, 0) is 16.4 Å². The highest BCUT2D eigenvalue weighted by Gasteiger charge is 2.41. The molecule has 0 radical (unpaired) electrons. The molecule has 0 fully saturated rings. The highest BCUT2D eigenvalue weighted by atomic mass is 19.4. The molecule has 0 saturated heterocycles. The molecule has 1 rings (SSSR count). The quantitative estimate of drug-likeness (QED) is 0.818. The molecule has 0 unspecified atom stereocenters. The molecule has 17 heavy (non-hydrogen) atoms. The molecule has 0 aromatic heterocycles. The van der Waals surface area contributed by atoms with Gasteiger partial charge in [-0.25, -0.2) is 4.39 Å². The number of halogens is 4. The van der Waals surface area contributed by atoms with Gasteiger partial charge >= 0.3 is 12.1 Å². The maximum atomic E-state index is 13.0. The summed E-state index contributed by atoms with van der Waals surface area (Å²) in [5.74, 6) is -2.35. The van der Waals surface area contributed by atoms with Crippen LogP contribution in [0.25, 0.3) is 0 Å². The third kappa shape index (κ3) is 2.57. The first-order chi connectivity index (χ1) is 7.56. The van der Waals surface area contributed by atoms with E-state index in [4.69, 9.17) is 5.11 Å². The van der Waals surface area contributed by atoms with E-state index in [0.29, 0.717) is 18.2 Å². The Morgan fingerprint density at radius 2 is 1.71 bits per heavy atom. The summed E-state index contributed by atoms with van der Waals surface area (Å²) < 4.78 is 50.9. The molecule has 0 heterocycles. The van der Waals surface area contributed by atoms with E-state index in [1.807, 2.05) is 0 Å². The van der Waals surface area contributed by atoms with Crippen molar-refractivity contribution in [2.24, 2.45) is 0 Å². The molecule has 2 nitrogen and oxygen atoms in total. The summed E-state index contributed by atoms with van der Waals surface area (Å²) >= 11 is 0. The van der Waals surface area contributed by atoms with Gasteiger partial charge in [-0.3, -0.25) is 4.79 Å². The van der Waals surface area contributed by atoms with Crippen LogP contribution < -0.4 is 0 Å². The van der Waals surface area contributed by atoms with Crippen molar-refractivity contribution in [3.8, 4) is 0 Å². The molecule has 0 aliphatic heterocycles. The van der Waals surface area contributed by atoms with Crippen molar-refractivity contribution in [3.05, 3.63) is 35.1 Å². The van der Waals surface area contributed by atoms with Crippen LogP contribution in [0.4, 0.5) is 17.6 Å². The number of aliphatic carboxylic acids is 1. The van der Waals surface area contributed by atoms with Crippen LogP contribution in [0.2, 0.25) is 0 Å². The summed E-state index contributed by atoms with van der Waals surface area (Å²) in [4.78, 5) is 10.9. The Hall–Kier alpha value is -1.59. The molecular formula is C11H10F4O2. The molecule has 1 N–H and O–H groups in total. The first kappa shape index (κ1) is 13.5. The van der Waals surface area contributed by atoms with Gasteiger partial charge in [-0.05, 0) is 37.6 Å². The average molecular weight is 250 g/mol. The van der Waals surface area contributed by atoms with Crippen molar-refractivity contribution < 1.29 is 27.5 Å². The third-order valence-corrected chi connectivity index (χ3v) is 2.50. The van der Waals surface area contributed by atoms with Gasteiger partial charge in [0.2, 0.25) is 0 Å². The summed E-state index contributed by atoms with van der Waals surface area (Å²) in [5, 5.41) is 8.89. The molecule has 0 atom stereocenters. The lowest BCUT2D eigenvalue weighted by molar-refractivity contribution is -0.144. The minimum absolute atomic E-state index is 0.551. The van der Waals surface area contributed by atoms with Crippen LogP contribution in [0, 0.1) is 5.82 Å². The minimum atomic E-state index is -4.71. The zero-order valence-corrected chi connectivity index (χ0v) is 9.10. The van der Waals surface area contributed by atoms with E-state index in [9.17, 15) is 22.4 Å². The van der Waals surface area contributed by atoms with Crippen molar-refractivity contribution in [1.82, 2.24) is 0 Å². The normalized spacial score (nSPS) is 12.6. The Morgan fingerprint density at radius 1 is 1.18 bits per heavy atom. The predicted octanol–water partition coefficient (Wildman–Crippen LogP) is 3.21. The number of benzene rings is 1. The van der Waals surface area contributed by atoms with E-state index < -0.39 is 34.5 Å². The Kier molecular flexibility index (Phi) is 3.18. The predicted molar refractivity (Wildman–Crippen MR) is 52.1 cm³/mol. The lowest BCUT2D eigenvalue weighted by Gasteiger charge is -2.24. The zero-order valence-electron chi connectivity index (χ0n) is 9.10. The Bertz CT molecular complexity index is 449. The van der Waals surface area contributed by atoms with E-state index in [2.05, 4.69) is 0 Å². The van der Waals surface area contributed by atoms with Crippen LogP contribution in [0.3, 0.4) is 0 Å². The fourth-order valence-electron chi connectivity index (χ4n) is 1.40. The van der Waals surface area contributed by atoms with E-state index in [0.717, 1.165) is 13.8 Å². The second-order valence-electron chi connectivity index (χ2n) is 4.12. The van der Waals surface area contributed by atoms with Crippen LogP contribution in [0.1, 0.15) is 25.0 Å². The number of alkyl halides is 3. The van der Waals surface area contributed by atoms with Gasteiger partial charge in [0.25, 0.3) is 0 Å². The minimum Gasteiger partial charge on any atom is -0.481 e. The number of carbonyl (C=O) groups is 1. The first-order valence-electron chi connectivity index (χ1n) is 4.67. The molecule has 0 saturated carbocycles. The van der Waals surface area contributed by atoms with Crippen LogP contribution in [-0.4, -0.2) is 11.1 Å². The number of rotatable bonds is 2. The van der Waals surface area contributed by atoms with Gasteiger partial charge in [0.15, 0.2) is 0 Å². The number of hydrogen-bond acceptors (Lipinski definition) is 1. The number of hydrogen-bond donors (Lipinski definition) is 1. The van der Waals surface area contributed by atoms with Gasteiger partial charge in [-0.15, -0.1) is 0 Å². The van der Waals surface area contributed by atoms with E-state index in [1.165, 1.54) is 0 Å². The molecular weight excluding hydrogens is 240 g/mol. The number of carboxylic acids is 1. The summed E-state index contributed by atoms with van der Waals surface area (Å²) in [5.41, 5.74) is -3.53. The smallest absolute Gasteiger partial charge is 0.416 e. The van der Waals surface area contributed by atoms with Crippen molar-refractivity contribution >= 4 is 5.97 Å². The number of carboxylic acid groups (broad SMARTS) is 1. The third-order valence-electron chi connectivity index (χ3n) is 2.50. The van der Waals surface area contributed by atoms with Crippen LogP contribution in [0.5, 0.6) is 0 Å². The Morgan fingerprint density at radius 3 is 2.12 bits per heavy atom. The first-order valence-corrected chi connectivity index (χ1v) is 4.67. The molecule has 1 aromatic carbocycles. The average Bonchev–Trinajstić information content (AvgIpc) is 2.15. The standard InChI is InChI=1S/C11H10F4O2/c1-10(2,9(16)17)8-5-6(12)3-4-7(8)11(13,14)15/h3-5H,1-2H3,(H,16,17). The molecule has 6 heteroatoms. The lowest BCUT2D eigenvalue weighted by Crippen LogP contribution is -2.31. The van der Waals surface area contributed by atoms with Gasteiger partial charge in [-0.1, -0.05) is 0 Å². The Labute approximate surface area is 94.9 Å². The van der Waals surface area contributed by atoms with Gasteiger partial charge in [0.05, 0.1) is 11.0 Å². The fourth-order valence-corrected chi connectivity index (χ4v) is 1.40. The summed E-state index contributed by atoms with van der Waals surface area (Å²) in [6.45, 7) is 2.19. The maximum Gasteiger partial charge on any atom is 0.416 e. The van der Waals surface area contributed by atoms with Gasteiger partial charge < -0.3 is 5.11 Å². The summed E-state index contributed by atoms with van der Waals surface area (Å²) in [6.07, 6.45) is -4.71. The summed E-state index contributed by atoms with van der Waals surface area (Å²) in [7, 11) is 0. The molecule has 94 valence electrons. The van der Waals surface area contributed by atoms with E-state index in [1.54, 1.807) is 0 Å². The second kappa shape index (κ2) is 4.01.